The summed E-state index contributed by atoms with van der Waals surface area (Å²) in [5.41, 5.74) is 2.00. The summed E-state index contributed by atoms with van der Waals surface area (Å²) in [5.74, 6) is -0.350. The van der Waals surface area contributed by atoms with E-state index < -0.39 is 48.5 Å². The Labute approximate surface area is 267 Å². The third kappa shape index (κ3) is 9.78. The van der Waals surface area contributed by atoms with Gasteiger partial charge in [-0.15, -0.1) is 18.2 Å². The van der Waals surface area contributed by atoms with Crippen molar-refractivity contribution in [3.8, 4) is 11.5 Å². The van der Waals surface area contributed by atoms with Crippen LogP contribution in [-0.4, -0.2) is 76.0 Å². The van der Waals surface area contributed by atoms with Crippen molar-refractivity contribution in [2.24, 2.45) is 0 Å². The molecule has 3 aromatic rings. The van der Waals surface area contributed by atoms with Gasteiger partial charge in [0.2, 0.25) is 0 Å². The number of rotatable bonds is 16. The summed E-state index contributed by atoms with van der Waals surface area (Å²) in [7, 11) is 3.17. The zero-order chi connectivity index (χ0) is 32.0. The lowest BCUT2D eigenvalue weighted by molar-refractivity contribution is -0.309. The van der Waals surface area contributed by atoms with E-state index in [-0.39, 0.29) is 26.4 Å². The van der Waals surface area contributed by atoms with Crippen molar-refractivity contribution < 1.29 is 47.5 Å². The topological polar surface area (TPSA) is 108 Å². The molecule has 0 bridgehead atoms. The maximum absolute atomic E-state index is 13.3. The summed E-state index contributed by atoms with van der Waals surface area (Å²) in [6.45, 7) is 4.11. The minimum absolute atomic E-state index is 0.0119. The van der Waals surface area contributed by atoms with Crippen molar-refractivity contribution in [1.82, 2.24) is 0 Å². The van der Waals surface area contributed by atoms with Crippen LogP contribution in [0.25, 0.3) is 0 Å². The van der Waals surface area contributed by atoms with E-state index in [4.69, 9.17) is 49.5 Å². The first-order chi connectivity index (χ1) is 21.9. The SMILES string of the molecule is C=CCO[C@@H]1O[C@H](COCc2ccc(OC)cc2)[C@@H](OC(=O)CCl)[C@H](OCc2ccc(OC)cc2)[C@H]1OC(=O)c1ccccc1. The number of alkyl halides is 1. The molecule has 1 aliphatic rings. The molecule has 0 unspecified atom stereocenters. The molecule has 1 fully saturated rings. The molecule has 4 rings (SSSR count). The van der Waals surface area contributed by atoms with Crippen LogP contribution in [0.5, 0.6) is 11.5 Å². The normalized spacial score (nSPS) is 21.0. The molecule has 0 aliphatic carbocycles. The molecule has 1 aliphatic heterocycles. The van der Waals surface area contributed by atoms with E-state index in [1.54, 1.807) is 62.8 Å². The molecule has 0 aromatic heterocycles. The molecule has 1 saturated heterocycles. The molecule has 10 nitrogen and oxygen atoms in total. The van der Waals surface area contributed by atoms with Gasteiger partial charge in [-0.3, -0.25) is 4.79 Å². The number of halogens is 1. The van der Waals surface area contributed by atoms with E-state index in [1.165, 1.54) is 0 Å². The second-order valence-electron chi connectivity index (χ2n) is 9.98. The predicted octanol–water partition coefficient (Wildman–Crippen LogP) is 5.11. The number of esters is 2. The number of methoxy groups -OCH3 is 2. The zero-order valence-electron chi connectivity index (χ0n) is 25.2. The smallest absolute Gasteiger partial charge is 0.338 e. The molecule has 3 aromatic carbocycles. The largest absolute Gasteiger partial charge is 0.497 e. The molecular weight excluding hydrogens is 604 g/mol. The number of carbonyl (C=O) groups is 2. The summed E-state index contributed by atoms with van der Waals surface area (Å²) >= 11 is 5.84. The van der Waals surface area contributed by atoms with Gasteiger partial charge in [0.05, 0.1) is 46.2 Å². The maximum Gasteiger partial charge on any atom is 0.338 e. The fourth-order valence-electron chi connectivity index (χ4n) is 4.64. The first-order valence-corrected chi connectivity index (χ1v) is 14.8. The Morgan fingerprint density at radius 2 is 1.42 bits per heavy atom. The summed E-state index contributed by atoms with van der Waals surface area (Å²) in [5, 5.41) is 0. The van der Waals surface area contributed by atoms with Gasteiger partial charge in [0.1, 0.15) is 29.6 Å². The van der Waals surface area contributed by atoms with Crippen LogP contribution in [0.2, 0.25) is 0 Å². The Kier molecular flexibility index (Phi) is 13.2. The molecule has 1 heterocycles. The van der Waals surface area contributed by atoms with Gasteiger partial charge in [-0.05, 0) is 47.5 Å². The second kappa shape index (κ2) is 17.5. The van der Waals surface area contributed by atoms with Gasteiger partial charge in [-0.1, -0.05) is 48.5 Å². The average Bonchev–Trinajstić information content (AvgIpc) is 3.08. The first-order valence-electron chi connectivity index (χ1n) is 14.3. The Morgan fingerprint density at radius 1 is 0.800 bits per heavy atom. The number of carbonyl (C=O) groups excluding carboxylic acids is 2. The van der Waals surface area contributed by atoms with Gasteiger partial charge >= 0.3 is 11.9 Å². The van der Waals surface area contributed by atoms with E-state index in [1.807, 2.05) is 36.4 Å². The Hall–Kier alpha value is -3.93. The third-order valence-electron chi connectivity index (χ3n) is 6.91. The van der Waals surface area contributed by atoms with Crippen molar-refractivity contribution in [2.45, 2.75) is 43.9 Å². The van der Waals surface area contributed by atoms with Crippen molar-refractivity contribution >= 4 is 23.5 Å². The lowest BCUT2D eigenvalue weighted by Gasteiger charge is -2.44. The van der Waals surface area contributed by atoms with Crippen LogP contribution in [0.1, 0.15) is 21.5 Å². The number of hydrogen-bond acceptors (Lipinski definition) is 10. The number of hydrogen-bond donors (Lipinski definition) is 0. The highest BCUT2D eigenvalue weighted by Gasteiger charge is 2.51. The lowest BCUT2D eigenvalue weighted by atomic mass is 9.98. The minimum Gasteiger partial charge on any atom is -0.497 e. The van der Waals surface area contributed by atoms with Gasteiger partial charge in [0.25, 0.3) is 0 Å². The van der Waals surface area contributed by atoms with Crippen LogP contribution in [0.3, 0.4) is 0 Å². The molecule has 0 N–H and O–H groups in total. The van der Waals surface area contributed by atoms with Crippen LogP contribution in [0.15, 0.2) is 91.5 Å². The van der Waals surface area contributed by atoms with Crippen LogP contribution < -0.4 is 9.47 Å². The summed E-state index contributed by atoms with van der Waals surface area (Å²) in [6, 6.07) is 23.2. The van der Waals surface area contributed by atoms with Crippen molar-refractivity contribution in [3.63, 3.8) is 0 Å². The standard InChI is InChI=1S/C34H37ClO10/c1-4-18-41-34-32(45-33(37)25-8-6-5-7-9-25)31(42-21-24-12-16-27(39-3)17-13-24)30(44-29(36)19-35)28(43-34)22-40-20-23-10-14-26(38-2)15-11-23/h4-17,28,30-32,34H,1,18-22H2,2-3H3/t28-,30-,31+,32-,34-/m1/s1. The Bertz CT molecular complexity index is 1350. The summed E-state index contributed by atoms with van der Waals surface area (Å²) in [4.78, 5) is 25.9. The van der Waals surface area contributed by atoms with Crippen LogP contribution in [0.4, 0.5) is 0 Å². The molecule has 11 heteroatoms. The summed E-state index contributed by atoms with van der Waals surface area (Å²) < 4.78 is 46.9. The molecule has 0 spiro atoms. The molecule has 240 valence electrons. The maximum atomic E-state index is 13.3. The number of benzene rings is 3. The number of ether oxygens (including phenoxy) is 8. The highest BCUT2D eigenvalue weighted by Crippen LogP contribution is 2.31. The highest BCUT2D eigenvalue weighted by atomic mass is 35.5. The van der Waals surface area contributed by atoms with E-state index >= 15 is 0 Å². The van der Waals surface area contributed by atoms with Crippen molar-refractivity contribution in [3.05, 3.63) is 108 Å². The Balaban J connectivity index is 1.63. The fourth-order valence-corrected chi connectivity index (χ4v) is 4.71. The molecular formula is C34H37ClO10. The van der Waals surface area contributed by atoms with E-state index in [0.29, 0.717) is 11.3 Å². The first kappa shape index (κ1) is 34.0. The van der Waals surface area contributed by atoms with E-state index in [2.05, 4.69) is 6.58 Å². The van der Waals surface area contributed by atoms with Crippen LogP contribution in [-0.2, 0) is 46.4 Å². The van der Waals surface area contributed by atoms with Gasteiger partial charge in [0, 0.05) is 0 Å². The second-order valence-corrected chi connectivity index (χ2v) is 10.2. The molecule has 5 atom stereocenters. The van der Waals surface area contributed by atoms with Gasteiger partial charge in [0.15, 0.2) is 18.5 Å². The molecule has 45 heavy (non-hydrogen) atoms. The van der Waals surface area contributed by atoms with Crippen molar-refractivity contribution in [2.75, 3.05) is 33.3 Å². The fraction of sp³-hybridized carbons (Fsp3) is 0.353. The zero-order valence-corrected chi connectivity index (χ0v) is 25.9. The lowest BCUT2D eigenvalue weighted by Crippen LogP contribution is -2.62. The quantitative estimate of drug-likeness (QED) is 0.119. The van der Waals surface area contributed by atoms with Gasteiger partial charge in [-0.25, -0.2) is 4.79 Å². The van der Waals surface area contributed by atoms with E-state index in [9.17, 15) is 9.59 Å². The van der Waals surface area contributed by atoms with Gasteiger partial charge < -0.3 is 37.9 Å². The minimum atomic E-state index is -1.15. The van der Waals surface area contributed by atoms with Crippen LogP contribution >= 0.6 is 11.6 Å². The average molecular weight is 641 g/mol. The Morgan fingerprint density at radius 3 is 2.00 bits per heavy atom. The molecule has 0 amide bonds. The van der Waals surface area contributed by atoms with Crippen LogP contribution in [0, 0.1) is 0 Å². The predicted molar refractivity (Wildman–Crippen MR) is 165 cm³/mol. The highest BCUT2D eigenvalue weighted by molar-refractivity contribution is 6.26. The molecule has 0 saturated carbocycles. The monoisotopic (exact) mass is 640 g/mol. The van der Waals surface area contributed by atoms with Crippen molar-refractivity contribution in [1.29, 1.82) is 0 Å². The summed E-state index contributed by atoms with van der Waals surface area (Å²) in [6.07, 6.45) is -3.72. The van der Waals surface area contributed by atoms with E-state index in [0.717, 1.165) is 16.9 Å². The molecule has 0 radical (unpaired) electrons. The third-order valence-corrected chi connectivity index (χ3v) is 7.13. The van der Waals surface area contributed by atoms with Gasteiger partial charge in [-0.2, -0.15) is 0 Å².